The number of nitrogens with one attached hydrogen (secondary N) is 3. The highest BCUT2D eigenvalue weighted by Gasteiger charge is 2.03. The molecule has 0 spiro atoms. The van der Waals surface area contributed by atoms with E-state index in [1.807, 2.05) is 0 Å². The minimum Gasteiger partial charge on any atom is -0.338 e. The van der Waals surface area contributed by atoms with Gasteiger partial charge in [0, 0.05) is 24.3 Å². The first-order valence-corrected chi connectivity index (χ1v) is 6.96. The number of urea groups is 1. The Morgan fingerprint density at radius 2 is 1.60 bits per heavy atom. The molecule has 0 unspecified atom stereocenters. The fourth-order valence-corrected chi connectivity index (χ4v) is 1.54. The Morgan fingerprint density at radius 1 is 1.05 bits per heavy atom. The first-order valence-electron chi connectivity index (χ1n) is 6.96. The van der Waals surface area contributed by atoms with Gasteiger partial charge in [0.2, 0.25) is 5.91 Å². The number of rotatable bonds is 6. The van der Waals surface area contributed by atoms with Crippen LogP contribution in [0.2, 0.25) is 0 Å². The maximum absolute atomic E-state index is 11.6. The summed E-state index contributed by atoms with van der Waals surface area (Å²) in [6, 6.07) is 6.82. The van der Waals surface area contributed by atoms with Gasteiger partial charge in [0.1, 0.15) is 0 Å². The van der Waals surface area contributed by atoms with Crippen molar-refractivity contribution in [3.05, 3.63) is 24.3 Å². The van der Waals surface area contributed by atoms with Gasteiger partial charge in [-0.05, 0) is 36.6 Å². The molecule has 0 aliphatic rings. The molecule has 5 nitrogen and oxygen atoms in total. The summed E-state index contributed by atoms with van der Waals surface area (Å²) >= 11 is 0. The van der Waals surface area contributed by atoms with E-state index in [9.17, 15) is 9.59 Å². The summed E-state index contributed by atoms with van der Waals surface area (Å²) in [5.74, 6) is 0.536. The number of benzene rings is 1. The van der Waals surface area contributed by atoms with Crippen LogP contribution in [-0.4, -0.2) is 18.5 Å². The minimum absolute atomic E-state index is 0.0304. The van der Waals surface area contributed by atoms with Gasteiger partial charge in [0.15, 0.2) is 0 Å². The van der Waals surface area contributed by atoms with Crippen LogP contribution < -0.4 is 16.0 Å². The second-order valence-electron chi connectivity index (χ2n) is 5.04. The van der Waals surface area contributed by atoms with Crippen LogP contribution in [0.3, 0.4) is 0 Å². The lowest BCUT2D eigenvalue weighted by Gasteiger charge is -2.09. The van der Waals surface area contributed by atoms with Gasteiger partial charge in [-0.3, -0.25) is 4.79 Å². The topological polar surface area (TPSA) is 70.2 Å². The van der Waals surface area contributed by atoms with Gasteiger partial charge in [-0.25, -0.2) is 4.79 Å². The highest BCUT2D eigenvalue weighted by molar-refractivity contribution is 5.92. The molecule has 3 N–H and O–H groups in total. The number of hydrogen-bond donors (Lipinski definition) is 3. The van der Waals surface area contributed by atoms with Crippen LogP contribution in [0.4, 0.5) is 16.2 Å². The summed E-state index contributed by atoms with van der Waals surface area (Å²) in [6.07, 6.45) is 1.40. The van der Waals surface area contributed by atoms with Gasteiger partial charge in [-0.1, -0.05) is 20.8 Å². The summed E-state index contributed by atoms with van der Waals surface area (Å²) in [5.41, 5.74) is 1.42. The normalized spacial score (nSPS) is 10.2. The molecule has 20 heavy (non-hydrogen) atoms. The summed E-state index contributed by atoms with van der Waals surface area (Å²) in [7, 11) is 0. The molecule has 0 heterocycles. The molecule has 0 atom stereocenters. The molecule has 1 aromatic carbocycles. The van der Waals surface area contributed by atoms with Crippen LogP contribution in [0, 0.1) is 5.92 Å². The van der Waals surface area contributed by atoms with Gasteiger partial charge in [0.25, 0.3) is 0 Å². The molecular weight excluding hydrogens is 254 g/mol. The van der Waals surface area contributed by atoms with Gasteiger partial charge >= 0.3 is 6.03 Å². The molecule has 0 aromatic heterocycles. The highest BCUT2D eigenvalue weighted by atomic mass is 16.2. The number of hydrogen-bond acceptors (Lipinski definition) is 2. The Balaban J connectivity index is 2.40. The average Bonchev–Trinajstić information content (AvgIpc) is 2.40. The summed E-state index contributed by atoms with van der Waals surface area (Å²) in [5, 5.41) is 8.30. The van der Waals surface area contributed by atoms with Crippen molar-refractivity contribution in [2.24, 2.45) is 5.92 Å². The summed E-state index contributed by atoms with van der Waals surface area (Å²) in [6.45, 7) is 6.69. The van der Waals surface area contributed by atoms with E-state index in [1.165, 1.54) is 0 Å². The van der Waals surface area contributed by atoms with E-state index in [0.717, 1.165) is 12.1 Å². The lowest BCUT2D eigenvalue weighted by molar-refractivity contribution is -0.115. The molecule has 0 bridgehead atoms. The van der Waals surface area contributed by atoms with Crippen LogP contribution in [-0.2, 0) is 4.79 Å². The zero-order valence-electron chi connectivity index (χ0n) is 12.3. The van der Waals surface area contributed by atoms with E-state index in [4.69, 9.17) is 0 Å². The molecule has 0 aliphatic heterocycles. The molecule has 0 radical (unpaired) electrons. The first kappa shape index (κ1) is 16.0. The number of carbonyl (C=O) groups excluding carboxylic acids is 2. The summed E-state index contributed by atoms with van der Waals surface area (Å²) < 4.78 is 0. The van der Waals surface area contributed by atoms with Crippen molar-refractivity contribution in [3.63, 3.8) is 0 Å². The predicted molar refractivity (Wildman–Crippen MR) is 81.8 cm³/mol. The van der Waals surface area contributed by atoms with Crippen molar-refractivity contribution in [1.29, 1.82) is 0 Å². The molecule has 3 amide bonds. The lowest BCUT2D eigenvalue weighted by atomic mass is 10.1. The third-order valence-corrected chi connectivity index (χ3v) is 2.75. The van der Waals surface area contributed by atoms with Gasteiger partial charge < -0.3 is 16.0 Å². The van der Waals surface area contributed by atoms with E-state index >= 15 is 0 Å². The monoisotopic (exact) mass is 277 g/mol. The van der Waals surface area contributed by atoms with Crippen LogP contribution >= 0.6 is 0 Å². The van der Waals surface area contributed by atoms with Crippen LogP contribution in [0.5, 0.6) is 0 Å². The molecule has 1 rings (SSSR count). The van der Waals surface area contributed by atoms with E-state index in [2.05, 4.69) is 29.8 Å². The van der Waals surface area contributed by atoms with Gasteiger partial charge in [-0.2, -0.15) is 0 Å². The van der Waals surface area contributed by atoms with E-state index < -0.39 is 0 Å². The maximum Gasteiger partial charge on any atom is 0.319 e. The Bertz CT molecular complexity index is 441. The maximum atomic E-state index is 11.6. The largest absolute Gasteiger partial charge is 0.338 e. The van der Waals surface area contributed by atoms with E-state index in [-0.39, 0.29) is 11.9 Å². The first-order chi connectivity index (χ1) is 9.51. The Kier molecular flexibility index (Phi) is 6.56. The molecule has 5 heteroatoms. The highest BCUT2D eigenvalue weighted by Crippen LogP contribution is 2.13. The van der Waals surface area contributed by atoms with Crippen molar-refractivity contribution >= 4 is 23.3 Å². The SMILES string of the molecule is CCC(=O)Nc1ccc(NC(=O)NCCC(C)C)cc1. The molecular formula is C15H23N3O2. The number of anilines is 2. The minimum atomic E-state index is -0.212. The molecule has 110 valence electrons. The number of amides is 3. The van der Waals surface area contributed by atoms with Crippen LogP contribution in [0.15, 0.2) is 24.3 Å². The van der Waals surface area contributed by atoms with Crippen molar-refractivity contribution in [1.82, 2.24) is 5.32 Å². The second-order valence-corrected chi connectivity index (χ2v) is 5.04. The van der Waals surface area contributed by atoms with Crippen LogP contribution in [0.25, 0.3) is 0 Å². The molecule has 0 aliphatic carbocycles. The molecule has 0 saturated carbocycles. The Labute approximate surface area is 120 Å². The molecule has 0 fully saturated rings. The number of carbonyl (C=O) groups is 2. The van der Waals surface area contributed by atoms with Gasteiger partial charge in [-0.15, -0.1) is 0 Å². The fourth-order valence-electron chi connectivity index (χ4n) is 1.54. The van der Waals surface area contributed by atoms with Crippen molar-refractivity contribution in [2.45, 2.75) is 33.6 Å². The quantitative estimate of drug-likeness (QED) is 0.747. The Morgan fingerprint density at radius 3 is 2.10 bits per heavy atom. The second kappa shape index (κ2) is 8.19. The van der Waals surface area contributed by atoms with Crippen molar-refractivity contribution in [3.8, 4) is 0 Å². The Hall–Kier alpha value is -2.04. The average molecular weight is 277 g/mol. The van der Waals surface area contributed by atoms with Crippen molar-refractivity contribution in [2.75, 3.05) is 17.2 Å². The van der Waals surface area contributed by atoms with Gasteiger partial charge in [0.05, 0.1) is 0 Å². The molecule has 1 aromatic rings. The summed E-state index contributed by atoms with van der Waals surface area (Å²) in [4.78, 5) is 22.8. The third-order valence-electron chi connectivity index (χ3n) is 2.75. The smallest absolute Gasteiger partial charge is 0.319 e. The zero-order valence-corrected chi connectivity index (χ0v) is 12.3. The van der Waals surface area contributed by atoms with E-state index in [1.54, 1.807) is 31.2 Å². The van der Waals surface area contributed by atoms with E-state index in [0.29, 0.717) is 24.6 Å². The van der Waals surface area contributed by atoms with Crippen LogP contribution in [0.1, 0.15) is 33.6 Å². The predicted octanol–water partition coefficient (Wildman–Crippen LogP) is 3.20. The zero-order chi connectivity index (χ0) is 15.0. The fraction of sp³-hybridized carbons (Fsp3) is 0.467. The lowest BCUT2D eigenvalue weighted by Crippen LogP contribution is -2.30. The third kappa shape index (κ3) is 6.22. The molecule has 0 saturated heterocycles. The standard InChI is InChI=1S/C15H23N3O2/c1-4-14(19)17-12-5-7-13(8-6-12)18-15(20)16-10-9-11(2)3/h5-8,11H,4,9-10H2,1-3H3,(H,17,19)(H2,16,18,20). The van der Waals surface area contributed by atoms with Crippen molar-refractivity contribution < 1.29 is 9.59 Å².